The summed E-state index contributed by atoms with van der Waals surface area (Å²) in [7, 11) is 0. The number of nitro groups is 1. The Kier molecular flexibility index (Phi) is 5.16. The Labute approximate surface area is 170 Å². The minimum absolute atomic E-state index is 0.0131. The quantitative estimate of drug-likeness (QED) is 0.382. The molecular weight excluding hydrogens is 386 g/mol. The van der Waals surface area contributed by atoms with E-state index in [1.54, 1.807) is 42.5 Å². The van der Waals surface area contributed by atoms with Crippen molar-refractivity contribution >= 4 is 17.3 Å². The van der Waals surface area contributed by atoms with E-state index in [0.29, 0.717) is 23.1 Å². The zero-order valence-corrected chi connectivity index (χ0v) is 15.5. The van der Waals surface area contributed by atoms with E-state index in [9.17, 15) is 14.9 Å². The van der Waals surface area contributed by atoms with Crippen LogP contribution in [0.2, 0.25) is 0 Å². The number of aromatic nitrogens is 3. The van der Waals surface area contributed by atoms with Crippen molar-refractivity contribution in [3.05, 3.63) is 101 Å². The standard InChI is InChI=1S/C21H15N5O4/c27-21(17-5-1-2-6-18(17)26(28)29)22-15-7-9-16(10-8-15)30-20-12-11-19(23-24-20)25-13-3-4-14-25/h1-14H,(H,22,27). The molecule has 0 spiro atoms. The van der Waals surface area contributed by atoms with Gasteiger partial charge in [0.05, 0.1) is 4.92 Å². The second-order valence-electron chi connectivity index (χ2n) is 6.17. The second-order valence-corrected chi connectivity index (χ2v) is 6.17. The van der Waals surface area contributed by atoms with E-state index in [1.807, 2.05) is 29.1 Å². The Morgan fingerprint density at radius 1 is 0.933 bits per heavy atom. The zero-order valence-electron chi connectivity index (χ0n) is 15.5. The highest BCUT2D eigenvalue weighted by Crippen LogP contribution is 2.23. The summed E-state index contributed by atoms with van der Waals surface area (Å²) in [6, 6.07) is 19.6. The number of ether oxygens (including phenoxy) is 1. The molecule has 0 bridgehead atoms. The van der Waals surface area contributed by atoms with E-state index >= 15 is 0 Å². The number of benzene rings is 2. The third kappa shape index (κ3) is 4.14. The Hall–Kier alpha value is -4.53. The number of nitrogens with one attached hydrogen (secondary N) is 1. The lowest BCUT2D eigenvalue weighted by atomic mass is 10.1. The van der Waals surface area contributed by atoms with Crippen LogP contribution >= 0.6 is 0 Å². The molecule has 2 heterocycles. The van der Waals surface area contributed by atoms with E-state index in [0.717, 1.165) is 0 Å². The molecule has 2 aromatic carbocycles. The number of nitrogens with zero attached hydrogens (tertiary/aromatic N) is 4. The van der Waals surface area contributed by atoms with Gasteiger partial charge in [0, 0.05) is 30.2 Å². The van der Waals surface area contributed by atoms with Gasteiger partial charge in [0.25, 0.3) is 11.6 Å². The Bertz CT molecular complexity index is 1170. The van der Waals surface area contributed by atoms with E-state index < -0.39 is 10.8 Å². The van der Waals surface area contributed by atoms with Gasteiger partial charge in [0.15, 0.2) is 5.82 Å². The van der Waals surface area contributed by atoms with Crippen LogP contribution in [0.25, 0.3) is 5.82 Å². The normalized spacial score (nSPS) is 10.4. The summed E-state index contributed by atoms with van der Waals surface area (Å²) >= 11 is 0. The molecule has 0 saturated carbocycles. The molecule has 0 aliphatic rings. The molecule has 1 amide bonds. The molecule has 0 radical (unpaired) electrons. The first kappa shape index (κ1) is 18.8. The highest BCUT2D eigenvalue weighted by molar-refractivity contribution is 6.07. The van der Waals surface area contributed by atoms with Gasteiger partial charge in [0.2, 0.25) is 5.88 Å². The minimum atomic E-state index is -0.589. The molecular formula is C21H15N5O4. The fourth-order valence-electron chi connectivity index (χ4n) is 2.74. The van der Waals surface area contributed by atoms with E-state index in [2.05, 4.69) is 15.5 Å². The van der Waals surface area contributed by atoms with Crippen LogP contribution < -0.4 is 10.1 Å². The second kappa shape index (κ2) is 8.23. The lowest BCUT2D eigenvalue weighted by molar-refractivity contribution is -0.385. The van der Waals surface area contributed by atoms with Crippen LogP contribution in [0.4, 0.5) is 11.4 Å². The van der Waals surface area contributed by atoms with Gasteiger partial charge in [0.1, 0.15) is 11.3 Å². The Morgan fingerprint density at radius 2 is 1.67 bits per heavy atom. The van der Waals surface area contributed by atoms with Gasteiger partial charge in [-0.25, -0.2) is 0 Å². The summed E-state index contributed by atoms with van der Waals surface area (Å²) in [5.41, 5.74) is 0.206. The van der Waals surface area contributed by atoms with Crippen LogP contribution in [0.3, 0.4) is 0 Å². The SMILES string of the molecule is O=C(Nc1ccc(Oc2ccc(-n3cccc3)nn2)cc1)c1ccccc1[N+](=O)[O-]. The summed E-state index contributed by atoms with van der Waals surface area (Å²) in [5.74, 6) is 0.923. The number of hydrogen-bond donors (Lipinski definition) is 1. The molecule has 2 aromatic heterocycles. The lowest BCUT2D eigenvalue weighted by Crippen LogP contribution is -2.13. The van der Waals surface area contributed by atoms with Gasteiger partial charge < -0.3 is 14.6 Å². The van der Waals surface area contributed by atoms with Crippen molar-refractivity contribution in [2.75, 3.05) is 5.32 Å². The molecule has 0 unspecified atom stereocenters. The minimum Gasteiger partial charge on any atom is -0.438 e. The maximum atomic E-state index is 12.4. The molecule has 148 valence electrons. The first-order chi connectivity index (χ1) is 14.6. The predicted octanol–water partition coefficient (Wildman–Crippen LogP) is 4.22. The highest BCUT2D eigenvalue weighted by atomic mass is 16.6. The number of hydrogen-bond acceptors (Lipinski definition) is 6. The molecule has 1 N–H and O–H groups in total. The van der Waals surface area contributed by atoms with Crippen LogP contribution in [-0.2, 0) is 0 Å². The van der Waals surface area contributed by atoms with Gasteiger partial charge in [-0.3, -0.25) is 14.9 Å². The number of para-hydroxylation sites is 1. The molecule has 0 atom stereocenters. The van der Waals surface area contributed by atoms with E-state index in [1.165, 1.54) is 18.2 Å². The summed E-state index contributed by atoms with van der Waals surface area (Å²) < 4.78 is 7.49. The summed E-state index contributed by atoms with van der Waals surface area (Å²) in [4.78, 5) is 22.9. The van der Waals surface area contributed by atoms with Crippen molar-refractivity contribution in [2.45, 2.75) is 0 Å². The molecule has 9 heteroatoms. The molecule has 4 aromatic rings. The van der Waals surface area contributed by atoms with Crippen LogP contribution in [0.15, 0.2) is 85.2 Å². The maximum absolute atomic E-state index is 12.4. The average molecular weight is 401 g/mol. The number of nitro benzene ring substituents is 1. The van der Waals surface area contributed by atoms with Crippen LogP contribution in [0.1, 0.15) is 10.4 Å². The summed E-state index contributed by atoms with van der Waals surface area (Å²) in [6.07, 6.45) is 3.73. The van der Waals surface area contributed by atoms with Crippen LogP contribution in [-0.4, -0.2) is 25.6 Å². The Balaban J connectivity index is 1.42. The van der Waals surface area contributed by atoms with Crippen LogP contribution in [0, 0.1) is 10.1 Å². The number of carbonyl (C=O) groups excluding carboxylic acids is 1. The van der Waals surface area contributed by atoms with Crippen molar-refractivity contribution in [3.8, 4) is 17.4 Å². The first-order valence-corrected chi connectivity index (χ1v) is 8.90. The Morgan fingerprint density at radius 3 is 2.33 bits per heavy atom. The first-order valence-electron chi connectivity index (χ1n) is 8.90. The number of amides is 1. The number of rotatable bonds is 6. The largest absolute Gasteiger partial charge is 0.438 e. The van der Waals surface area contributed by atoms with Gasteiger partial charge in [-0.15, -0.1) is 10.2 Å². The van der Waals surface area contributed by atoms with Crippen molar-refractivity contribution in [2.24, 2.45) is 0 Å². The number of carbonyl (C=O) groups is 1. The molecule has 4 rings (SSSR count). The maximum Gasteiger partial charge on any atom is 0.282 e. The third-order valence-electron chi connectivity index (χ3n) is 4.17. The van der Waals surface area contributed by atoms with Crippen molar-refractivity contribution in [1.29, 1.82) is 0 Å². The molecule has 0 saturated heterocycles. The van der Waals surface area contributed by atoms with Crippen LogP contribution in [0.5, 0.6) is 11.6 Å². The van der Waals surface area contributed by atoms with E-state index in [-0.39, 0.29) is 11.3 Å². The smallest absolute Gasteiger partial charge is 0.282 e. The van der Waals surface area contributed by atoms with Gasteiger partial charge >= 0.3 is 0 Å². The van der Waals surface area contributed by atoms with Crippen molar-refractivity contribution < 1.29 is 14.5 Å². The average Bonchev–Trinajstić information content (AvgIpc) is 3.30. The number of anilines is 1. The van der Waals surface area contributed by atoms with E-state index in [4.69, 9.17) is 4.74 Å². The third-order valence-corrected chi connectivity index (χ3v) is 4.17. The molecule has 9 nitrogen and oxygen atoms in total. The molecule has 0 aliphatic heterocycles. The van der Waals surface area contributed by atoms with Crippen molar-refractivity contribution in [3.63, 3.8) is 0 Å². The molecule has 0 fully saturated rings. The van der Waals surface area contributed by atoms with Gasteiger partial charge in [-0.05, 0) is 48.5 Å². The van der Waals surface area contributed by atoms with Gasteiger partial charge in [-0.2, -0.15) is 0 Å². The molecule has 0 aliphatic carbocycles. The highest BCUT2D eigenvalue weighted by Gasteiger charge is 2.19. The monoisotopic (exact) mass is 401 g/mol. The van der Waals surface area contributed by atoms with Crippen molar-refractivity contribution in [1.82, 2.24) is 14.8 Å². The topological polar surface area (TPSA) is 112 Å². The summed E-state index contributed by atoms with van der Waals surface area (Å²) in [6.45, 7) is 0. The predicted molar refractivity (Wildman–Crippen MR) is 109 cm³/mol. The van der Waals surface area contributed by atoms with Gasteiger partial charge in [-0.1, -0.05) is 12.1 Å². The fourth-order valence-corrected chi connectivity index (χ4v) is 2.74. The fraction of sp³-hybridized carbons (Fsp3) is 0. The molecule has 30 heavy (non-hydrogen) atoms. The zero-order chi connectivity index (χ0) is 20.9. The lowest BCUT2D eigenvalue weighted by Gasteiger charge is -2.08. The summed E-state index contributed by atoms with van der Waals surface area (Å²) in [5, 5.41) is 21.9.